The van der Waals surface area contributed by atoms with E-state index < -0.39 is 5.82 Å². The Hall–Kier alpha value is -2.37. The van der Waals surface area contributed by atoms with Crippen molar-refractivity contribution in [2.24, 2.45) is 7.05 Å². The van der Waals surface area contributed by atoms with Crippen LogP contribution < -0.4 is 10.2 Å². The lowest BCUT2D eigenvalue weighted by molar-refractivity contribution is 0.0929. The molecule has 0 unspecified atom stereocenters. The molecule has 1 amide bonds. The summed E-state index contributed by atoms with van der Waals surface area (Å²) >= 11 is 0. The van der Waals surface area contributed by atoms with Gasteiger partial charge in [0.25, 0.3) is 5.91 Å². The van der Waals surface area contributed by atoms with Gasteiger partial charge in [-0.25, -0.2) is 4.39 Å². The molecule has 0 radical (unpaired) electrons. The minimum atomic E-state index is -0.479. The maximum absolute atomic E-state index is 13.8. The molecule has 0 aliphatic carbocycles. The first-order valence-electron chi connectivity index (χ1n) is 7.83. The van der Waals surface area contributed by atoms with Crippen LogP contribution in [-0.2, 0) is 7.05 Å². The average molecular weight is 316 g/mol. The lowest BCUT2D eigenvalue weighted by atomic mass is 10.0. The number of piperidine rings is 1. The van der Waals surface area contributed by atoms with Gasteiger partial charge in [0.2, 0.25) is 0 Å². The molecule has 0 bridgehead atoms. The molecular weight excluding hydrogens is 295 g/mol. The first kappa shape index (κ1) is 15.5. The summed E-state index contributed by atoms with van der Waals surface area (Å²) in [4.78, 5) is 14.5. The highest BCUT2D eigenvalue weighted by Gasteiger charge is 2.23. The molecule has 5 nitrogen and oxygen atoms in total. The van der Waals surface area contributed by atoms with Gasteiger partial charge in [0.15, 0.2) is 0 Å². The van der Waals surface area contributed by atoms with Gasteiger partial charge in [-0.2, -0.15) is 5.10 Å². The number of benzene rings is 1. The SMILES string of the molecule is Cc1ccc(F)c(C(=O)N[C@@H]2CCCN(c3cnn(C)c3)C2)c1. The van der Waals surface area contributed by atoms with E-state index in [2.05, 4.69) is 15.3 Å². The summed E-state index contributed by atoms with van der Waals surface area (Å²) in [5, 5.41) is 7.15. The predicted molar refractivity (Wildman–Crippen MR) is 87.0 cm³/mol. The van der Waals surface area contributed by atoms with Gasteiger partial charge in [-0.05, 0) is 31.9 Å². The Morgan fingerprint density at radius 3 is 3.00 bits per heavy atom. The molecule has 0 saturated carbocycles. The highest BCUT2D eigenvalue weighted by Crippen LogP contribution is 2.19. The molecule has 2 heterocycles. The second-order valence-corrected chi connectivity index (χ2v) is 6.11. The number of amides is 1. The Morgan fingerprint density at radius 1 is 1.43 bits per heavy atom. The Kier molecular flexibility index (Phi) is 4.32. The fourth-order valence-electron chi connectivity index (χ4n) is 2.98. The van der Waals surface area contributed by atoms with Gasteiger partial charge in [-0.1, -0.05) is 11.6 Å². The van der Waals surface area contributed by atoms with Crippen molar-refractivity contribution in [1.29, 1.82) is 0 Å². The molecule has 1 fully saturated rings. The lowest BCUT2D eigenvalue weighted by Crippen LogP contribution is -2.48. The second-order valence-electron chi connectivity index (χ2n) is 6.11. The fraction of sp³-hybridized carbons (Fsp3) is 0.412. The molecule has 1 N–H and O–H groups in total. The molecule has 1 aliphatic rings. The molecule has 1 aliphatic heterocycles. The van der Waals surface area contributed by atoms with Gasteiger partial charge < -0.3 is 10.2 Å². The third-order valence-corrected chi connectivity index (χ3v) is 4.18. The third kappa shape index (κ3) is 3.52. The summed E-state index contributed by atoms with van der Waals surface area (Å²) in [7, 11) is 1.88. The van der Waals surface area contributed by atoms with Crippen molar-refractivity contribution in [3.05, 3.63) is 47.5 Å². The first-order valence-corrected chi connectivity index (χ1v) is 7.83. The predicted octanol–water partition coefficient (Wildman–Crippen LogP) is 2.27. The maximum atomic E-state index is 13.8. The number of nitrogens with zero attached hydrogens (tertiary/aromatic N) is 3. The van der Waals surface area contributed by atoms with E-state index in [0.717, 1.165) is 30.6 Å². The van der Waals surface area contributed by atoms with Crippen LogP contribution in [0.5, 0.6) is 0 Å². The zero-order valence-corrected chi connectivity index (χ0v) is 13.4. The van der Waals surface area contributed by atoms with E-state index in [4.69, 9.17) is 0 Å². The summed E-state index contributed by atoms with van der Waals surface area (Å²) in [6, 6.07) is 4.60. The van der Waals surface area contributed by atoms with Crippen molar-refractivity contribution in [2.45, 2.75) is 25.8 Å². The normalized spacial score (nSPS) is 18.0. The van der Waals surface area contributed by atoms with Crippen LogP contribution in [0, 0.1) is 12.7 Å². The van der Waals surface area contributed by atoms with Gasteiger partial charge in [0.05, 0.1) is 17.4 Å². The fourth-order valence-corrected chi connectivity index (χ4v) is 2.98. The van der Waals surface area contributed by atoms with Gasteiger partial charge in [0, 0.05) is 32.4 Å². The highest BCUT2D eigenvalue weighted by atomic mass is 19.1. The molecule has 1 atom stereocenters. The van der Waals surface area contributed by atoms with E-state index in [9.17, 15) is 9.18 Å². The van der Waals surface area contributed by atoms with Crippen molar-refractivity contribution in [2.75, 3.05) is 18.0 Å². The van der Waals surface area contributed by atoms with E-state index in [1.165, 1.54) is 6.07 Å². The van der Waals surface area contributed by atoms with Crippen molar-refractivity contribution in [3.8, 4) is 0 Å². The zero-order valence-electron chi connectivity index (χ0n) is 13.4. The highest BCUT2D eigenvalue weighted by molar-refractivity contribution is 5.94. The quantitative estimate of drug-likeness (QED) is 0.945. The van der Waals surface area contributed by atoms with Crippen LogP contribution in [0.3, 0.4) is 0 Å². The van der Waals surface area contributed by atoms with Gasteiger partial charge in [0.1, 0.15) is 5.82 Å². The smallest absolute Gasteiger partial charge is 0.254 e. The molecule has 0 spiro atoms. The van der Waals surface area contributed by atoms with E-state index in [-0.39, 0.29) is 17.5 Å². The van der Waals surface area contributed by atoms with Crippen molar-refractivity contribution in [1.82, 2.24) is 15.1 Å². The molecule has 6 heteroatoms. The number of hydrogen-bond acceptors (Lipinski definition) is 3. The van der Waals surface area contributed by atoms with Crippen LogP contribution in [0.4, 0.5) is 10.1 Å². The van der Waals surface area contributed by atoms with Crippen LogP contribution in [0.15, 0.2) is 30.6 Å². The molecular formula is C17H21FN4O. The minimum Gasteiger partial charge on any atom is -0.367 e. The number of aryl methyl sites for hydroxylation is 2. The maximum Gasteiger partial charge on any atom is 0.254 e. The molecule has 23 heavy (non-hydrogen) atoms. The van der Waals surface area contributed by atoms with E-state index in [1.807, 2.05) is 26.4 Å². The molecule has 122 valence electrons. The zero-order chi connectivity index (χ0) is 16.4. The van der Waals surface area contributed by atoms with Gasteiger partial charge in [-0.15, -0.1) is 0 Å². The summed E-state index contributed by atoms with van der Waals surface area (Å²) in [5.74, 6) is -0.822. The van der Waals surface area contributed by atoms with Crippen LogP contribution in [0.1, 0.15) is 28.8 Å². The van der Waals surface area contributed by atoms with E-state index >= 15 is 0 Å². The first-order chi connectivity index (χ1) is 11.0. The third-order valence-electron chi connectivity index (χ3n) is 4.18. The molecule has 3 rings (SSSR count). The number of anilines is 1. The van der Waals surface area contributed by atoms with E-state index in [0.29, 0.717) is 6.54 Å². The van der Waals surface area contributed by atoms with Crippen LogP contribution in [0.2, 0.25) is 0 Å². The summed E-state index contributed by atoms with van der Waals surface area (Å²) in [5.41, 5.74) is 2.04. The Labute approximate surface area is 135 Å². The number of carbonyl (C=O) groups excluding carboxylic acids is 1. The van der Waals surface area contributed by atoms with Crippen molar-refractivity contribution >= 4 is 11.6 Å². The molecule has 2 aromatic rings. The topological polar surface area (TPSA) is 50.2 Å². The van der Waals surface area contributed by atoms with Crippen molar-refractivity contribution < 1.29 is 9.18 Å². The van der Waals surface area contributed by atoms with Gasteiger partial charge >= 0.3 is 0 Å². The number of carbonyl (C=O) groups is 1. The second kappa shape index (κ2) is 6.40. The van der Waals surface area contributed by atoms with Crippen molar-refractivity contribution in [3.63, 3.8) is 0 Å². The number of aromatic nitrogens is 2. The minimum absolute atomic E-state index is 0.0105. The molecule has 1 aromatic carbocycles. The van der Waals surface area contributed by atoms with E-state index in [1.54, 1.807) is 16.8 Å². The Bertz CT molecular complexity index is 712. The number of nitrogens with one attached hydrogen (secondary N) is 1. The number of hydrogen-bond donors (Lipinski definition) is 1. The molecule has 1 saturated heterocycles. The standard InChI is InChI=1S/C17H21FN4O/c1-12-5-6-16(18)15(8-12)17(23)20-13-4-3-7-22(10-13)14-9-19-21(2)11-14/h5-6,8-9,11,13H,3-4,7,10H2,1-2H3,(H,20,23)/t13-/m1/s1. The van der Waals surface area contributed by atoms with Crippen LogP contribution in [0.25, 0.3) is 0 Å². The number of rotatable bonds is 3. The summed E-state index contributed by atoms with van der Waals surface area (Å²) < 4.78 is 15.6. The van der Waals surface area contributed by atoms with Gasteiger partial charge in [-0.3, -0.25) is 9.48 Å². The average Bonchev–Trinajstić information content (AvgIpc) is 2.96. The Balaban J connectivity index is 1.67. The lowest BCUT2D eigenvalue weighted by Gasteiger charge is -2.33. The summed E-state index contributed by atoms with van der Waals surface area (Å²) in [6.07, 6.45) is 5.67. The Morgan fingerprint density at radius 2 is 2.26 bits per heavy atom. The number of halogens is 1. The van der Waals surface area contributed by atoms with Crippen LogP contribution >= 0.6 is 0 Å². The largest absolute Gasteiger partial charge is 0.367 e. The van der Waals surface area contributed by atoms with Crippen LogP contribution in [-0.4, -0.2) is 34.8 Å². The monoisotopic (exact) mass is 316 g/mol. The molecule has 1 aromatic heterocycles. The summed E-state index contributed by atoms with van der Waals surface area (Å²) in [6.45, 7) is 3.50.